The molecule has 0 fully saturated rings. The number of nitrogens with zero attached hydrogens (tertiary/aromatic N) is 5. The fraction of sp³-hybridized carbons (Fsp3) is 0.217. The first kappa shape index (κ1) is 18.3. The molecule has 0 saturated carbocycles. The first-order valence-corrected chi connectivity index (χ1v) is 10.3. The van der Waals surface area contributed by atoms with E-state index in [4.69, 9.17) is 10.1 Å². The van der Waals surface area contributed by atoms with E-state index in [0.717, 1.165) is 54.0 Å². The summed E-state index contributed by atoms with van der Waals surface area (Å²) < 4.78 is 1.85. The smallest absolute Gasteiger partial charge is 0.185 e. The van der Waals surface area contributed by atoms with Crippen LogP contribution < -0.4 is 5.32 Å². The van der Waals surface area contributed by atoms with E-state index in [9.17, 15) is 0 Å². The van der Waals surface area contributed by atoms with Gasteiger partial charge in [-0.05, 0) is 36.2 Å². The number of aryl methyl sites for hydroxylation is 1. The van der Waals surface area contributed by atoms with Crippen LogP contribution in [0.2, 0.25) is 0 Å². The largest absolute Gasteiger partial charge is 0.381 e. The highest BCUT2D eigenvalue weighted by atomic mass is 15.3. The zero-order chi connectivity index (χ0) is 20.3. The maximum atomic E-state index is 4.80. The summed E-state index contributed by atoms with van der Waals surface area (Å²) in [6.45, 7) is 2.96. The molecule has 0 aliphatic rings. The second-order valence-corrected chi connectivity index (χ2v) is 7.32. The Morgan fingerprint density at radius 3 is 2.63 bits per heavy atom. The minimum atomic E-state index is 0.686. The first-order valence-electron chi connectivity index (χ1n) is 10.3. The van der Waals surface area contributed by atoms with Crippen LogP contribution in [0.25, 0.3) is 28.2 Å². The fourth-order valence-corrected chi connectivity index (χ4v) is 3.52. The third-order valence-electron chi connectivity index (χ3n) is 5.17. The number of nitrogens with one attached hydrogen (secondary N) is 2. The second-order valence-electron chi connectivity index (χ2n) is 7.32. The molecule has 7 nitrogen and oxygen atoms in total. The fourth-order valence-electron chi connectivity index (χ4n) is 3.52. The van der Waals surface area contributed by atoms with Gasteiger partial charge < -0.3 is 10.3 Å². The molecule has 2 N–H and O–H groups in total. The van der Waals surface area contributed by atoms with Crippen LogP contribution in [0, 0.1) is 0 Å². The van der Waals surface area contributed by atoms with Crippen molar-refractivity contribution in [3.05, 3.63) is 72.3 Å². The summed E-state index contributed by atoms with van der Waals surface area (Å²) in [5.41, 5.74) is 5.55. The molecular formula is C23H23N7. The van der Waals surface area contributed by atoms with Crippen LogP contribution in [0.1, 0.15) is 31.2 Å². The molecule has 0 bridgehead atoms. The molecule has 0 aliphatic carbocycles. The van der Waals surface area contributed by atoms with Crippen molar-refractivity contribution in [3.63, 3.8) is 0 Å². The van der Waals surface area contributed by atoms with Gasteiger partial charge >= 0.3 is 0 Å². The quantitative estimate of drug-likeness (QED) is 0.419. The molecular weight excluding hydrogens is 374 g/mol. The molecule has 30 heavy (non-hydrogen) atoms. The molecule has 5 aromatic rings. The molecule has 3 heterocycles. The minimum Gasteiger partial charge on any atom is -0.381 e. The molecule has 150 valence electrons. The Morgan fingerprint density at radius 2 is 1.83 bits per heavy atom. The average Bonchev–Trinajstić information content (AvgIpc) is 3.44. The zero-order valence-electron chi connectivity index (χ0n) is 16.8. The number of rotatable bonds is 7. The van der Waals surface area contributed by atoms with Gasteiger partial charge in [0.25, 0.3) is 0 Å². The number of fused-ring (bicyclic) bond motifs is 3. The zero-order valence-corrected chi connectivity index (χ0v) is 16.8. The van der Waals surface area contributed by atoms with Gasteiger partial charge in [0.2, 0.25) is 0 Å². The molecule has 7 heteroatoms. The number of aromatic amines is 1. The van der Waals surface area contributed by atoms with E-state index in [1.165, 1.54) is 5.56 Å². The SMILES string of the molecule is CCCCc1nc2nc[nH]c2c2nc(-c3ccc(NCc4ccccc4)cc3)nn12. The van der Waals surface area contributed by atoms with Gasteiger partial charge in [0, 0.05) is 24.2 Å². The molecule has 5 rings (SSSR count). The van der Waals surface area contributed by atoms with Gasteiger partial charge in [-0.15, -0.1) is 5.10 Å². The summed E-state index contributed by atoms with van der Waals surface area (Å²) >= 11 is 0. The summed E-state index contributed by atoms with van der Waals surface area (Å²) in [6, 6.07) is 18.6. The molecule has 0 spiro atoms. The predicted molar refractivity (Wildman–Crippen MR) is 118 cm³/mol. The van der Waals surface area contributed by atoms with Crippen molar-refractivity contribution in [2.45, 2.75) is 32.7 Å². The Kier molecular flexibility index (Phi) is 4.85. The topological polar surface area (TPSA) is 83.8 Å². The van der Waals surface area contributed by atoms with E-state index in [-0.39, 0.29) is 0 Å². The normalized spacial score (nSPS) is 11.4. The van der Waals surface area contributed by atoms with Gasteiger partial charge in [-0.2, -0.15) is 4.52 Å². The Bertz CT molecular complexity index is 1270. The molecule has 0 aliphatic heterocycles. The van der Waals surface area contributed by atoms with Crippen molar-refractivity contribution in [3.8, 4) is 11.4 Å². The number of H-pyrrole nitrogens is 1. The molecule has 2 aromatic carbocycles. The Labute approximate surface area is 174 Å². The number of benzene rings is 2. The molecule has 0 radical (unpaired) electrons. The van der Waals surface area contributed by atoms with Crippen molar-refractivity contribution in [2.75, 3.05) is 5.32 Å². The number of hydrogen-bond donors (Lipinski definition) is 2. The van der Waals surface area contributed by atoms with Crippen molar-refractivity contribution in [1.29, 1.82) is 0 Å². The maximum absolute atomic E-state index is 4.80. The first-order chi connectivity index (χ1) is 14.8. The van der Waals surface area contributed by atoms with Crippen LogP contribution in [-0.4, -0.2) is 29.5 Å². The summed E-state index contributed by atoms with van der Waals surface area (Å²) in [5, 5.41) is 8.21. The van der Waals surface area contributed by atoms with E-state index in [1.807, 2.05) is 22.7 Å². The van der Waals surface area contributed by atoms with E-state index < -0.39 is 0 Å². The van der Waals surface area contributed by atoms with Crippen LogP contribution in [0.15, 0.2) is 60.9 Å². The number of aromatic nitrogens is 6. The lowest BCUT2D eigenvalue weighted by Gasteiger charge is -2.06. The van der Waals surface area contributed by atoms with E-state index >= 15 is 0 Å². The second kappa shape index (κ2) is 7.94. The molecule has 3 aromatic heterocycles. The van der Waals surface area contributed by atoms with E-state index in [2.05, 4.69) is 63.6 Å². The highest BCUT2D eigenvalue weighted by Gasteiger charge is 2.15. The highest BCUT2D eigenvalue weighted by Crippen LogP contribution is 2.23. The monoisotopic (exact) mass is 397 g/mol. The molecule has 0 atom stereocenters. The Balaban J connectivity index is 1.44. The average molecular weight is 397 g/mol. The minimum absolute atomic E-state index is 0.686. The lowest BCUT2D eigenvalue weighted by atomic mass is 10.2. The summed E-state index contributed by atoms with van der Waals surface area (Å²) in [5.74, 6) is 1.58. The predicted octanol–water partition coefficient (Wildman–Crippen LogP) is 4.62. The van der Waals surface area contributed by atoms with E-state index in [0.29, 0.717) is 11.5 Å². The number of hydrogen-bond acceptors (Lipinski definition) is 5. The number of unbranched alkanes of at least 4 members (excludes halogenated alkanes) is 1. The van der Waals surface area contributed by atoms with Crippen LogP contribution in [0.4, 0.5) is 5.69 Å². The van der Waals surface area contributed by atoms with Gasteiger partial charge in [0.1, 0.15) is 11.3 Å². The van der Waals surface area contributed by atoms with E-state index in [1.54, 1.807) is 6.33 Å². The van der Waals surface area contributed by atoms with Gasteiger partial charge in [0.15, 0.2) is 17.1 Å². The van der Waals surface area contributed by atoms with Crippen LogP contribution in [0.5, 0.6) is 0 Å². The third kappa shape index (κ3) is 3.50. The van der Waals surface area contributed by atoms with Gasteiger partial charge in [-0.3, -0.25) is 0 Å². The molecule has 0 amide bonds. The molecule has 0 saturated heterocycles. The van der Waals surface area contributed by atoms with Crippen molar-refractivity contribution in [1.82, 2.24) is 29.5 Å². The third-order valence-corrected chi connectivity index (χ3v) is 5.17. The van der Waals surface area contributed by atoms with Crippen LogP contribution in [0.3, 0.4) is 0 Å². The van der Waals surface area contributed by atoms with Gasteiger partial charge in [0.05, 0.1) is 6.33 Å². The summed E-state index contributed by atoms with van der Waals surface area (Å²) in [4.78, 5) is 16.9. The van der Waals surface area contributed by atoms with Crippen molar-refractivity contribution >= 4 is 22.5 Å². The molecule has 0 unspecified atom stereocenters. The highest BCUT2D eigenvalue weighted by molar-refractivity contribution is 5.85. The number of imidazole rings is 1. The maximum Gasteiger partial charge on any atom is 0.185 e. The van der Waals surface area contributed by atoms with Gasteiger partial charge in [-0.25, -0.2) is 15.0 Å². The van der Waals surface area contributed by atoms with Crippen LogP contribution in [-0.2, 0) is 13.0 Å². The Morgan fingerprint density at radius 1 is 1.00 bits per heavy atom. The summed E-state index contributed by atoms with van der Waals surface area (Å²) in [7, 11) is 0. The van der Waals surface area contributed by atoms with Crippen molar-refractivity contribution < 1.29 is 0 Å². The Hall–Kier alpha value is -3.74. The summed E-state index contributed by atoms with van der Waals surface area (Å²) in [6.07, 6.45) is 4.65. The van der Waals surface area contributed by atoms with Crippen LogP contribution >= 0.6 is 0 Å². The van der Waals surface area contributed by atoms with Gasteiger partial charge in [-0.1, -0.05) is 43.7 Å². The lowest BCUT2D eigenvalue weighted by molar-refractivity contribution is 0.719. The lowest BCUT2D eigenvalue weighted by Crippen LogP contribution is -2.03. The van der Waals surface area contributed by atoms with Crippen molar-refractivity contribution in [2.24, 2.45) is 0 Å². The number of anilines is 1. The standard InChI is InChI=1S/C23H23N7/c1-2-3-9-19-27-22-20(25-15-26-22)23-28-21(29-30(19)23)17-10-12-18(13-11-17)24-14-16-7-5-4-6-8-16/h4-8,10-13,15,24H,2-3,9,14H2,1H3,(H,25,26).